The van der Waals surface area contributed by atoms with Crippen LogP contribution in [0.15, 0.2) is 107 Å². The molecule has 212 valence electrons. The summed E-state index contributed by atoms with van der Waals surface area (Å²) >= 11 is 1.94. The Labute approximate surface area is 267 Å². The minimum Gasteiger partial charge on any atom is -0.309 e. The van der Waals surface area contributed by atoms with E-state index in [0.29, 0.717) is 17.2 Å². The average molecular weight is 594 g/mol. The highest BCUT2D eigenvalue weighted by atomic mass is 32.2. The minimum absolute atomic E-state index is 0.00730. The fourth-order valence-corrected chi connectivity index (χ4v) is 9.29. The third kappa shape index (κ3) is 3.66. The number of para-hydroxylation sites is 1. The van der Waals surface area contributed by atoms with E-state index in [4.69, 9.17) is 0 Å². The maximum atomic E-state index is 9.95. The second-order valence-corrected chi connectivity index (χ2v) is 14.1. The summed E-state index contributed by atoms with van der Waals surface area (Å²) in [5, 5.41) is 22.0. The summed E-state index contributed by atoms with van der Waals surface area (Å²) in [7, 11) is 0. The highest BCUT2D eigenvalue weighted by Gasteiger charge is 2.44. The van der Waals surface area contributed by atoms with Crippen molar-refractivity contribution in [3.63, 3.8) is 0 Å². The van der Waals surface area contributed by atoms with Gasteiger partial charge in [-0.05, 0) is 77.1 Å². The van der Waals surface area contributed by atoms with Crippen molar-refractivity contribution in [2.75, 3.05) is 0 Å². The zero-order chi connectivity index (χ0) is 30.4. The van der Waals surface area contributed by atoms with Crippen molar-refractivity contribution in [3.8, 4) is 12.1 Å². The third-order valence-corrected chi connectivity index (χ3v) is 11.4. The second kappa shape index (κ2) is 9.39. The molecule has 45 heavy (non-hydrogen) atoms. The number of fused-ring (bicyclic) bond motifs is 9. The molecule has 0 spiro atoms. The first kappa shape index (κ1) is 26.2. The number of nitrogens with zero attached hydrogens (tertiary/aromatic N) is 3. The van der Waals surface area contributed by atoms with Crippen molar-refractivity contribution in [3.05, 3.63) is 142 Å². The molecule has 0 fully saturated rings. The summed E-state index contributed by atoms with van der Waals surface area (Å²) in [5.41, 5.74) is 13.5. The lowest BCUT2D eigenvalue weighted by Crippen LogP contribution is -2.19. The molecule has 9 rings (SSSR count). The van der Waals surface area contributed by atoms with Crippen LogP contribution in [0.25, 0.3) is 38.6 Å². The minimum atomic E-state index is -0.00730. The lowest BCUT2D eigenvalue weighted by atomic mass is 9.78. The molecule has 5 aromatic rings. The molecule has 3 aliphatic carbocycles. The number of rotatable bonds is 2. The molecule has 0 radical (unpaired) electrons. The molecule has 0 amide bonds. The lowest BCUT2D eigenvalue weighted by Gasteiger charge is -2.27. The first-order chi connectivity index (χ1) is 22.0. The van der Waals surface area contributed by atoms with Crippen molar-refractivity contribution < 1.29 is 0 Å². The van der Waals surface area contributed by atoms with Crippen molar-refractivity contribution in [2.45, 2.75) is 48.2 Å². The predicted octanol–water partition coefficient (Wildman–Crippen LogP) is 9.75. The van der Waals surface area contributed by atoms with Crippen molar-refractivity contribution in [1.29, 1.82) is 10.5 Å². The van der Waals surface area contributed by atoms with Crippen LogP contribution in [0.4, 0.5) is 0 Å². The van der Waals surface area contributed by atoms with Gasteiger partial charge in [0.05, 0.1) is 34.4 Å². The van der Waals surface area contributed by atoms with Crippen molar-refractivity contribution >= 4 is 50.4 Å². The summed E-state index contributed by atoms with van der Waals surface area (Å²) in [5.74, 6) is 0.271. The Hall–Kier alpha value is -5.21. The van der Waals surface area contributed by atoms with Gasteiger partial charge in [0.25, 0.3) is 0 Å². The number of allylic oxidation sites excluding steroid dienone is 7. The molecule has 0 bridgehead atoms. The highest BCUT2D eigenvalue weighted by molar-refractivity contribution is 8.00. The van der Waals surface area contributed by atoms with Gasteiger partial charge >= 0.3 is 0 Å². The van der Waals surface area contributed by atoms with Gasteiger partial charge in [0, 0.05) is 49.0 Å². The van der Waals surface area contributed by atoms with Crippen LogP contribution in [0, 0.1) is 34.8 Å². The van der Waals surface area contributed by atoms with Gasteiger partial charge in [-0.2, -0.15) is 10.5 Å². The molecule has 4 aliphatic rings. The molecular weight excluding hydrogens is 567 g/mol. The van der Waals surface area contributed by atoms with Crippen LogP contribution in [-0.2, 0) is 5.41 Å². The van der Waals surface area contributed by atoms with E-state index in [9.17, 15) is 10.5 Å². The van der Waals surface area contributed by atoms with E-state index in [1.54, 1.807) is 0 Å². The maximum absolute atomic E-state index is 9.95. The molecule has 0 N–H and O–H groups in total. The Kier molecular flexibility index (Phi) is 5.47. The summed E-state index contributed by atoms with van der Waals surface area (Å²) < 4.78 is 2.27. The second-order valence-electron chi connectivity index (χ2n) is 12.9. The highest BCUT2D eigenvalue weighted by Crippen LogP contribution is 2.58. The lowest BCUT2D eigenvalue weighted by molar-refractivity contribution is 0.652. The Morgan fingerprint density at radius 3 is 2.56 bits per heavy atom. The van der Waals surface area contributed by atoms with E-state index in [1.165, 1.54) is 38.3 Å². The third-order valence-electron chi connectivity index (χ3n) is 10.1. The van der Waals surface area contributed by atoms with Crippen molar-refractivity contribution in [2.24, 2.45) is 0 Å². The smallest absolute Gasteiger partial charge is 0.0991 e. The molecule has 4 heteroatoms. The van der Waals surface area contributed by atoms with E-state index >= 15 is 0 Å². The molecule has 0 saturated heterocycles. The van der Waals surface area contributed by atoms with Crippen LogP contribution in [0.3, 0.4) is 0 Å². The van der Waals surface area contributed by atoms with E-state index in [2.05, 4.69) is 97.3 Å². The fraction of sp³-hybridized carbons (Fsp3) is 0.171. The number of benzene rings is 3. The van der Waals surface area contributed by atoms with Gasteiger partial charge in [-0.25, -0.2) is 0 Å². The zero-order valence-corrected chi connectivity index (χ0v) is 25.8. The van der Waals surface area contributed by atoms with Gasteiger partial charge in [-0.1, -0.05) is 80.6 Å². The van der Waals surface area contributed by atoms with E-state index in [0.717, 1.165) is 45.1 Å². The first-order valence-corrected chi connectivity index (χ1v) is 16.3. The van der Waals surface area contributed by atoms with E-state index in [-0.39, 0.29) is 11.3 Å². The maximum Gasteiger partial charge on any atom is 0.0991 e. The molecule has 2 unspecified atom stereocenters. The van der Waals surface area contributed by atoms with Gasteiger partial charge in [0.2, 0.25) is 0 Å². The Bertz CT molecular complexity index is 2360. The predicted molar refractivity (Wildman–Crippen MR) is 182 cm³/mol. The molecule has 2 atom stereocenters. The van der Waals surface area contributed by atoms with Crippen LogP contribution in [-0.4, -0.2) is 9.82 Å². The van der Waals surface area contributed by atoms with Crippen LogP contribution in [0.2, 0.25) is 0 Å². The summed E-state index contributed by atoms with van der Waals surface area (Å²) in [6.45, 7) is 4.69. The fourth-order valence-electron chi connectivity index (χ4n) is 7.93. The zero-order valence-electron chi connectivity index (χ0n) is 25.0. The van der Waals surface area contributed by atoms with Gasteiger partial charge in [-0.15, -0.1) is 11.8 Å². The molecular formula is C41H27N3S. The van der Waals surface area contributed by atoms with E-state index < -0.39 is 0 Å². The Balaban J connectivity index is 1.21. The SMILES string of the molecule is CC1(C)C2=CC3Sc4cc(C5=C(n6c7ccccc7c7cc(C#N)ccc76)C=C(C#N)CC5)c#cc4C3C=C2c2ccccc21. The largest absolute Gasteiger partial charge is 0.309 e. The summed E-state index contributed by atoms with van der Waals surface area (Å²) in [4.78, 5) is 1.27. The standard InChI is InChI=1S/C41H27N3S/c1-41(2)34-9-5-3-7-28(34)31-20-33-30-15-13-26(19-39(30)45-40(33)21-35(31)41)27-14-11-25(23-43)18-38(27)44-36-10-6-4-8-29(36)32-17-24(22-42)12-16-37(32)44/h3-10,12,16-21,33,40H,11,14H2,1-2H3. The monoisotopic (exact) mass is 593 g/mol. The van der Waals surface area contributed by atoms with Gasteiger partial charge < -0.3 is 4.57 Å². The number of nitriles is 2. The van der Waals surface area contributed by atoms with Gasteiger partial charge in [0.1, 0.15) is 0 Å². The summed E-state index contributed by atoms with van der Waals surface area (Å²) in [6.07, 6.45) is 8.49. The Morgan fingerprint density at radius 2 is 1.69 bits per heavy atom. The molecule has 4 aromatic carbocycles. The molecule has 2 heterocycles. The van der Waals surface area contributed by atoms with E-state index in [1.807, 2.05) is 48.2 Å². The number of aromatic nitrogens is 1. The number of thioether (sulfide) groups is 1. The van der Waals surface area contributed by atoms with Crippen LogP contribution >= 0.6 is 11.8 Å². The van der Waals surface area contributed by atoms with Gasteiger partial charge in [0.15, 0.2) is 0 Å². The molecule has 3 nitrogen and oxygen atoms in total. The molecule has 0 saturated carbocycles. The summed E-state index contributed by atoms with van der Waals surface area (Å²) in [6, 6.07) is 37.3. The topological polar surface area (TPSA) is 52.5 Å². The quantitative estimate of drug-likeness (QED) is 0.205. The van der Waals surface area contributed by atoms with Crippen LogP contribution in [0.5, 0.6) is 0 Å². The van der Waals surface area contributed by atoms with Crippen molar-refractivity contribution in [1.82, 2.24) is 4.57 Å². The van der Waals surface area contributed by atoms with Crippen LogP contribution in [0.1, 0.15) is 60.4 Å². The first-order valence-electron chi connectivity index (χ1n) is 15.4. The van der Waals surface area contributed by atoms with Crippen LogP contribution < -0.4 is 0 Å². The Morgan fingerprint density at radius 1 is 0.867 bits per heavy atom. The van der Waals surface area contributed by atoms with Gasteiger partial charge in [-0.3, -0.25) is 0 Å². The average Bonchev–Trinajstić information content (AvgIpc) is 3.68. The number of hydrogen-bond donors (Lipinski definition) is 0. The number of hydrogen-bond acceptors (Lipinski definition) is 3. The molecule has 1 aromatic heterocycles. The molecule has 1 aliphatic heterocycles. The normalized spacial score (nSPS) is 20.7.